The van der Waals surface area contributed by atoms with E-state index >= 15 is 0 Å². The van der Waals surface area contributed by atoms with Gasteiger partial charge in [-0.2, -0.15) is 5.10 Å². The number of hydrogen-bond acceptors (Lipinski definition) is 5. The van der Waals surface area contributed by atoms with E-state index in [1.54, 1.807) is 31.4 Å². The summed E-state index contributed by atoms with van der Waals surface area (Å²) in [4.78, 5) is 11.8. The lowest BCUT2D eigenvalue weighted by Gasteiger charge is -2.06. The van der Waals surface area contributed by atoms with Crippen molar-refractivity contribution >= 4 is 49.7 Å². The van der Waals surface area contributed by atoms with Gasteiger partial charge in [-0.1, -0.05) is 15.9 Å². The number of methoxy groups -OCH3 is 1. The van der Waals surface area contributed by atoms with Crippen molar-refractivity contribution in [2.45, 2.75) is 0 Å². The van der Waals surface area contributed by atoms with Gasteiger partial charge in [0.2, 0.25) is 0 Å². The molecule has 0 heterocycles. The Morgan fingerprint density at radius 1 is 1.29 bits per heavy atom. The van der Waals surface area contributed by atoms with Gasteiger partial charge in [-0.25, -0.2) is 5.43 Å². The van der Waals surface area contributed by atoms with Crippen molar-refractivity contribution < 1.29 is 14.6 Å². The molecule has 3 N–H and O–H groups in total. The number of nitrogens with zero attached hydrogens (tertiary/aromatic N) is 1. The molecule has 2 aromatic rings. The van der Waals surface area contributed by atoms with Gasteiger partial charge >= 0.3 is 0 Å². The minimum Gasteiger partial charge on any atom is -0.506 e. The van der Waals surface area contributed by atoms with Crippen LogP contribution in [0, 0.1) is 0 Å². The number of rotatable bonds is 6. The van der Waals surface area contributed by atoms with Gasteiger partial charge in [0.05, 0.1) is 24.3 Å². The van der Waals surface area contributed by atoms with E-state index in [4.69, 9.17) is 4.74 Å². The number of hydrogen-bond donors (Lipinski definition) is 3. The van der Waals surface area contributed by atoms with Gasteiger partial charge in [-0.05, 0) is 52.3 Å². The molecule has 8 heteroatoms. The number of aromatic hydroxyl groups is 1. The van der Waals surface area contributed by atoms with Crippen LogP contribution in [0.2, 0.25) is 0 Å². The second-order valence-electron chi connectivity index (χ2n) is 4.70. The first-order chi connectivity index (χ1) is 11.5. The number of ether oxygens (including phenoxy) is 1. The first kappa shape index (κ1) is 18.3. The zero-order valence-electron chi connectivity index (χ0n) is 12.7. The maximum Gasteiger partial charge on any atom is 0.259 e. The third-order valence-electron chi connectivity index (χ3n) is 2.99. The monoisotopic (exact) mass is 455 g/mol. The first-order valence-corrected chi connectivity index (χ1v) is 8.46. The maximum atomic E-state index is 11.8. The summed E-state index contributed by atoms with van der Waals surface area (Å²) in [6.07, 6.45) is 1.37. The van der Waals surface area contributed by atoms with E-state index < -0.39 is 0 Å². The quantitative estimate of drug-likeness (QED) is 0.459. The van der Waals surface area contributed by atoms with Crippen LogP contribution in [-0.4, -0.2) is 30.9 Å². The molecular weight excluding hydrogens is 442 g/mol. The van der Waals surface area contributed by atoms with E-state index in [1.165, 1.54) is 6.21 Å². The summed E-state index contributed by atoms with van der Waals surface area (Å²) in [7, 11) is 1.59. The molecule has 2 rings (SSSR count). The van der Waals surface area contributed by atoms with Gasteiger partial charge in [0.15, 0.2) is 0 Å². The highest BCUT2D eigenvalue weighted by Gasteiger charge is 2.05. The summed E-state index contributed by atoms with van der Waals surface area (Å²) in [5.41, 5.74) is 3.66. The summed E-state index contributed by atoms with van der Waals surface area (Å²) >= 11 is 6.55. The van der Waals surface area contributed by atoms with E-state index in [9.17, 15) is 9.90 Å². The molecule has 24 heavy (non-hydrogen) atoms. The Morgan fingerprint density at radius 3 is 2.67 bits per heavy atom. The number of anilines is 1. The Morgan fingerprint density at radius 2 is 2.00 bits per heavy atom. The summed E-state index contributed by atoms with van der Waals surface area (Å²) in [5.74, 6) is 0.484. The van der Waals surface area contributed by atoms with Crippen molar-refractivity contribution in [3.05, 3.63) is 50.9 Å². The molecule has 0 saturated heterocycles. The molecule has 0 atom stereocenters. The van der Waals surface area contributed by atoms with Crippen LogP contribution < -0.4 is 15.5 Å². The number of hydrazone groups is 1. The molecule has 0 aromatic heterocycles. The number of carbonyl (C=O) groups excluding carboxylic acids is 1. The van der Waals surface area contributed by atoms with Crippen LogP contribution >= 0.6 is 31.9 Å². The first-order valence-electron chi connectivity index (χ1n) is 6.87. The van der Waals surface area contributed by atoms with Gasteiger partial charge in [0, 0.05) is 15.7 Å². The molecule has 0 aliphatic rings. The number of halogens is 2. The highest BCUT2D eigenvalue weighted by Crippen LogP contribution is 2.30. The molecule has 0 aliphatic heterocycles. The Kier molecular flexibility index (Phi) is 6.62. The van der Waals surface area contributed by atoms with Gasteiger partial charge in [-0.15, -0.1) is 0 Å². The molecular formula is C16H15Br2N3O3. The topological polar surface area (TPSA) is 83.0 Å². The van der Waals surface area contributed by atoms with E-state index in [0.717, 1.165) is 15.9 Å². The molecule has 6 nitrogen and oxygen atoms in total. The molecule has 0 fully saturated rings. The molecule has 0 aliphatic carbocycles. The number of phenols is 1. The van der Waals surface area contributed by atoms with Crippen molar-refractivity contribution in [3.63, 3.8) is 0 Å². The van der Waals surface area contributed by atoms with Crippen LogP contribution in [0.25, 0.3) is 0 Å². The van der Waals surface area contributed by atoms with Crippen molar-refractivity contribution in [3.8, 4) is 11.5 Å². The van der Waals surface area contributed by atoms with E-state index in [0.29, 0.717) is 10.0 Å². The van der Waals surface area contributed by atoms with Crippen LogP contribution in [0.3, 0.4) is 0 Å². The fourth-order valence-electron chi connectivity index (χ4n) is 1.79. The lowest BCUT2D eigenvalue weighted by atomic mass is 10.2. The molecule has 0 unspecified atom stereocenters. The summed E-state index contributed by atoms with van der Waals surface area (Å²) in [6, 6.07) is 10.6. The third kappa shape index (κ3) is 5.24. The van der Waals surface area contributed by atoms with Gasteiger partial charge < -0.3 is 15.2 Å². The van der Waals surface area contributed by atoms with Crippen molar-refractivity contribution in [1.82, 2.24) is 5.43 Å². The molecule has 0 spiro atoms. The average Bonchev–Trinajstić information content (AvgIpc) is 2.57. The molecule has 0 radical (unpaired) electrons. The number of amides is 1. The van der Waals surface area contributed by atoms with Gasteiger partial charge in [0.25, 0.3) is 5.91 Å². The van der Waals surface area contributed by atoms with Crippen LogP contribution in [0.5, 0.6) is 11.5 Å². The summed E-state index contributed by atoms with van der Waals surface area (Å²) in [5, 5.41) is 16.7. The molecule has 0 saturated carbocycles. The smallest absolute Gasteiger partial charge is 0.259 e. The maximum absolute atomic E-state index is 11.8. The van der Waals surface area contributed by atoms with Crippen LogP contribution in [0.4, 0.5) is 5.69 Å². The van der Waals surface area contributed by atoms with Crippen molar-refractivity contribution in [2.24, 2.45) is 5.10 Å². The minimum absolute atomic E-state index is 0.0487. The second-order valence-corrected chi connectivity index (χ2v) is 6.47. The van der Waals surface area contributed by atoms with Gasteiger partial charge in [0.1, 0.15) is 11.5 Å². The Bertz CT molecular complexity index is 749. The minimum atomic E-state index is -0.310. The largest absolute Gasteiger partial charge is 0.506 e. The van der Waals surface area contributed by atoms with Crippen LogP contribution in [0.1, 0.15) is 5.56 Å². The average molecular weight is 457 g/mol. The number of carbonyl (C=O) groups is 1. The van der Waals surface area contributed by atoms with Crippen molar-refractivity contribution in [1.29, 1.82) is 0 Å². The SMILES string of the molecule is COc1ccc(NCC(=O)NN=Cc2cc(Br)cc(Br)c2O)cc1. The highest BCUT2D eigenvalue weighted by molar-refractivity contribution is 9.11. The van der Waals surface area contributed by atoms with Crippen LogP contribution in [-0.2, 0) is 4.79 Å². The van der Waals surface area contributed by atoms with E-state index in [-0.39, 0.29) is 18.2 Å². The van der Waals surface area contributed by atoms with E-state index in [2.05, 4.69) is 47.7 Å². The second kappa shape index (κ2) is 8.70. The van der Waals surface area contributed by atoms with Crippen molar-refractivity contribution in [2.75, 3.05) is 19.0 Å². The normalized spacial score (nSPS) is 10.6. The fraction of sp³-hybridized carbons (Fsp3) is 0.125. The number of phenolic OH excluding ortho intramolecular Hbond substituents is 1. The predicted molar refractivity (Wildman–Crippen MR) is 101 cm³/mol. The Hall–Kier alpha value is -2.06. The summed E-state index contributed by atoms with van der Waals surface area (Å²) < 4.78 is 6.38. The lowest BCUT2D eigenvalue weighted by Crippen LogP contribution is -2.25. The molecule has 0 bridgehead atoms. The Labute approximate surface area is 156 Å². The Balaban J connectivity index is 1.86. The highest BCUT2D eigenvalue weighted by atomic mass is 79.9. The molecule has 1 amide bonds. The summed E-state index contributed by atoms with van der Waals surface area (Å²) in [6.45, 7) is 0.0673. The zero-order valence-corrected chi connectivity index (χ0v) is 15.9. The third-order valence-corrected chi connectivity index (χ3v) is 4.06. The fourth-order valence-corrected chi connectivity index (χ4v) is 3.05. The molecule has 2 aromatic carbocycles. The van der Waals surface area contributed by atoms with Gasteiger partial charge in [-0.3, -0.25) is 4.79 Å². The standard InChI is InChI=1S/C16H15Br2N3O3/c1-24-13-4-2-12(3-5-13)19-9-15(22)21-20-8-10-6-11(17)7-14(18)16(10)23/h2-8,19,23H,9H2,1H3,(H,21,22). The number of benzene rings is 2. The number of nitrogens with one attached hydrogen (secondary N) is 2. The van der Waals surface area contributed by atoms with Crippen LogP contribution in [0.15, 0.2) is 50.4 Å². The lowest BCUT2D eigenvalue weighted by molar-refractivity contribution is -0.119. The zero-order chi connectivity index (χ0) is 17.5. The van der Waals surface area contributed by atoms with E-state index in [1.807, 2.05) is 12.1 Å². The molecule has 126 valence electrons. The predicted octanol–water partition coefficient (Wildman–Crippen LogP) is 3.49.